The highest BCUT2D eigenvalue weighted by Gasteiger charge is 2.17. The first-order valence-corrected chi connectivity index (χ1v) is 8.97. The first-order chi connectivity index (χ1) is 13.1. The second-order valence-corrected chi connectivity index (χ2v) is 6.46. The van der Waals surface area contributed by atoms with Crippen LogP contribution in [0.25, 0.3) is 10.8 Å². The number of hydrogen-bond acceptors (Lipinski definition) is 3. The van der Waals surface area contributed by atoms with Gasteiger partial charge >= 0.3 is 0 Å². The molecule has 138 valence electrons. The predicted octanol–water partition coefficient (Wildman–Crippen LogP) is 2.73. The quantitative estimate of drug-likeness (QED) is 0.608. The van der Waals surface area contributed by atoms with Gasteiger partial charge in [-0.2, -0.15) is 5.10 Å². The zero-order valence-corrected chi connectivity index (χ0v) is 15.5. The highest BCUT2D eigenvalue weighted by molar-refractivity contribution is 5.88. The van der Waals surface area contributed by atoms with Crippen molar-refractivity contribution in [1.29, 1.82) is 0 Å². The molecule has 0 fully saturated rings. The van der Waals surface area contributed by atoms with E-state index in [4.69, 9.17) is 0 Å². The lowest BCUT2D eigenvalue weighted by Crippen LogP contribution is -2.35. The number of rotatable bonds is 7. The van der Waals surface area contributed by atoms with E-state index in [-0.39, 0.29) is 17.9 Å². The van der Waals surface area contributed by atoms with Crippen LogP contribution in [-0.2, 0) is 24.7 Å². The van der Waals surface area contributed by atoms with E-state index in [0.717, 1.165) is 11.8 Å². The SMILES string of the molecule is C=CCN(CCc1ccccc1)C(=O)Cc1nn(C)c(=O)c2ccccc12. The van der Waals surface area contributed by atoms with Gasteiger partial charge in [0.25, 0.3) is 5.56 Å². The van der Waals surface area contributed by atoms with E-state index >= 15 is 0 Å². The van der Waals surface area contributed by atoms with E-state index < -0.39 is 0 Å². The van der Waals surface area contributed by atoms with Crippen LogP contribution in [0.1, 0.15) is 11.3 Å². The molecule has 0 aliphatic rings. The van der Waals surface area contributed by atoms with Crippen molar-refractivity contribution in [3.05, 3.63) is 88.9 Å². The molecular formula is C22H23N3O2. The molecule has 0 unspecified atom stereocenters. The summed E-state index contributed by atoms with van der Waals surface area (Å²) in [5.74, 6) is -0.0258. The summed E-state index contributed by atoms with van der Waals surface area (Å²) in [6, 6.07) is 17.4. The van der Waals surface area contributed by atoms with Gasteiger partial charge < -0.3 is 4.90 Å². The van der Waals surface area contributed by atoms with Crippen LogP contribution in [-0.4, -0.2) is 33.7 Å². The number of nitrogens with zero attached hydrogens (tertiary/aromatic N) is 3. The van der Waals surface area contributed by atoms with Crippen molar-refractivity contribution in [1.82, 2.24) is 14.7 Å². The number of benzene rings is 2. The van der Waals surface area contributed by atoms with Crippen molar-refractivity contribution < 1.29 is 4.79 Å². The molecule has 0 aliphatic carbocycles. The Morgan fingerprint density at radius 3 is 2.48 bits per heavy atom. The van der Waals surface area contributed by atoms with Crippen LogP contribution in [0.15, 0.2) is 72.0 Å². The van der Waals surface area contributed by atoms with Crippen LogP contribution in [0.5, 0.6) is 0 Å². The Balaban J connectivity index is 1.81. The van der Waals surface area contributed by atoms with Gasteiger partial charge in [0.2, 0.25) is 5.91 Å². The largest absolute Gasteiger partial charge is 0.338 e. The molecule has 0 saturated heterocycles. The summed E-state index contributed by atoms with van der Waals surface area (Å²) >= 11 is 0. The van der Waals surface area contributed by atoms with E-state index in [0.29, 0.717) is 24.2 Å². The van der Waals surface area contributed by atoms with Gasteiger partial charge in [-0.25, -0.2) is 4.68 Å². The molecule has 1 heterocycles. The molecule has 0 atom stereocenters. The molecule has 3 rings (SSSR count). The smallest absolute Gasteiger partial charge is 0.274 e. The average Bonchev–Trinajstić information content (AvgIpc) is 2.70. The van der Waals surface area contributed by atoms with Gasteiger partial charge in [-0.1, -0.05) is 54.6 Å². The average molecular weight is 361 g/mol. The maximum atomic E-state index is 12.9. The molecule has 0 aliphatic heterocycles. The van der Waals surface area contributed by atoms with E-state index in [9.17, 15) is 9.59 Å². The number of hydrogen-bond donors (Lipinski definition) is 0. The van der Waals surface area contributed by atoms with Crippen molar-refractivity contribution in [2.75, 3.05) is 13.1 Å². The predicted molar refractivity (Wildman–Crippen MR) is 108 cm³/mol. The summed E-state index contributed by atoms with van der Waals surface area (Å²) in [5, 5.41) is 5.65. The normalized spacial score (nSPS) is 10.7. The zero-order valence-electron chi connectivity index (χ0n) is 15.5. The maximum absolute atomic E-state index is 12.9. The summed E-state index contributed by atoms with van der Waals surface area (Å²) < 4.78 is 1.30. The number of carbonyl (C=O) groups is 1. The molecule has 1 aromatic heterocycles. The molecule has 3 aromatic rings. The molecule has 27 heavy (non-hydrogen) atoms. The van der Waals surface area contributed by atoms with Gasteiger partial charge in [-0.05, 0) is 18.1 Å². The third-order valence-electron chi connectivity index (χ3n) is 4.57. The fourth-order valence-electron chi connectivity index (χ4n) is 3.14. The summed E-state index contributed by atoms with van der Waals surface area (Å²) in [6.07, 6.45) is 2.66. The van der Waals surface area contributed by atoms with Crippen molar-refractivity contribution in [3.63, 3.8) is 0 Å². The Labute approximate surface area is 158 Å². The first-order valence-electron chi connectivity index (χ1n) is 8.97. The van der Waals surface area contributed by atoms with Gasteiger partial charge in [0, 0.05) is 25.5 Å². The molecule has 0 radical (unpaired) electrons. The van der Waals surface area contributed by atoms with Crippen LogP contribution in [0.3, 0.4) is 0 Å². The zero-order chi connectivity index (χ0) is 19.2. The molecular weight excluding hydrogens is 338 g/mol. The number of fused-ring (bicyclic) bond motifs is 1. The Morgan fingerprint density at radius 2 is 1.78 bits per heavy atom. The third kappa shape index (κ3) is 4.31. The summed E-state index contributed by atoms with van der Waals surface area (Å²) in [4.78, 5) is 26.9. The second-order valence-electron chi connectivity index (χ2n) is 6.46. The highest BCUT2D eigenvalue weighted by Crippen LogP contribution is 2.14. The lowest BCUT2D eigenvalue weighted by molar-refractivity contribution is -0.130. The number of amides is 1. The fourth-order valence-corrected chi connectivity index (χ4v) is 3.14. The fraction of sp³-hybridized carbons (Fsp3) is 0.227. The van der Waals surface area contributed by atoms with Crippen LogP contribution < -0.4 is 5.56 Å². The minimum absolute atomic E-state index is 0.0258. The molecule has 0 spiro atoms. The topological polar surface area (TPSA) is 55.2 Å². The monoisotopic (exact) mass is 361 g/mol. The summed E-state index contributed by atoms with van der Waals surface area (Å²) in [7, 11) is 1.61. The Bertz CT molecular complexity index is 1010. The lowest BCUT2D eigenvalue weighted by Gasteiger charge is -2.21. The molecule has 0 saturated carbocycles. The van der Waals surface area contributed by atoms with Crippen molar-refractivity contribution >= 4 is 16.7 Å². The highest BCUT2D eigenvalue weighted by atomic mass is 16.2. The van der Waals surface area contributed by atoms with E-state index in [2.05, 4.69) is 23.8 Å². The van der Waals surface area contributed by atoms with Crippen molar-refractivity contribution in [3.8, 4) is 0 Å². The van der Waals surface area contributed by atoms with E-state index in [1.807, 2.05) is 36.4 Å². The molecule has 0 bridgehead atoms. The Morgan fingerprint density at radius 1 is 1.11 bits per heavy atom. The van der Waals surface area contributed by atoms with Crippen molar-refractivity contribution in [2.24, 2.45) is 7.05 Å². The first kappa shape index (κ1) is 18.6. The summed E-state index contributed by atoms with van der Waals surface area (Å²) in [6.45, 7) is 4.86. The number of carbonyl (C=O) groups excluding carboxylic acids is 1. The third-order valence-corrected chi connectivity index (χ3v) is 4.57. The lowest BCUT2D eigenvalue weighted by atomic mass is 10.1. The standard InChI is InChI=1S/C22H23N3O2/c1-3-14-25(15-13-17-9-5-4-6-10-17)21(26)16-20-18-11-7-8-12-19(18)22(27)24(2)23-20/h3-12H,1,13-16H2,2H3. The molecule has 5 nitrogen and oxygen atoms in total. The van der Waals surface area contributed by atoms with Crippen LogP contribution >= 0.6 is 0 Å². The number of aromatic nitrogens is 2. The second kappa shape index (κ2) is 8.45. The van der Waals surface area contributed by atoms with Gasteiger partial charge in [0.1, 0.15) is 0 Å². The van der Waals surface area contributed by atoms with Crippen molar-refractivity contribution in [2.45, 2.75) is 12.8 Å². The molecule has 5 heteroatoms. The van der Waals surface area contributed by atoms with E-state index in [1.165, 1.54) is 10.2 Å². The van der Waals surface area contributed by atoms with Crippen LogP contribution in [0.2, 0.25) is 0 Å². The number of aryl methyl sites for hydroxylation is 1. The minimum Gasteiger partial charge on any atom is -0.338 e. The molecule has 1 amide bonds. The molecule has 0 N–H and O–H groups in total. The van der Waals surface area contributed by atoms with E-state index in [1.54, 1.807) is 24.1 Å². The van der Waals surface area contributed by atoms with Crippen LogP contribution in [0.4, 0.5) is 0 Å². The Hall–Kier alpha value is -3.21. The summed E-state index contributed by atoms with van der Waals surface area (Å²) in [5.41, 5.74) is 1.64. The minimum atomic E-state index is -0.158. The maximum Gasteiger partial charge on any atom is 0.274 e. The van der Waals surface area contributed by atoms with Gasteiger partial charge in [0.15, 0.2) is 0 Å². The van der Waals surface area contributed by atoms with Gasteiger partial charge in [-0.3, -0.25) is 9.59 Å². The van der Waals surface area contributed by atoms with Crippen LogP contribution in [0, 0.1) is 0 Å². The Kier molecular flexibility index (Phi) is 5.81. The molecule has 2 aromatic carbocycles. The van der Waals surface area contributed by atoms with Gasteiger partial charge in [-0.15, -0.1) is 6.58 Å². The van der Waals surface area contributed by atoms with Gasteiger partial charge in [0.05, 0.1) is 17.5 Å².